The Hall–Kier alpha value is -2.84. The Morgan fingerprint density at radius 2 is 2.19 bits per heavy atom. The summed E-state index contributed by atoms with van der Waals surface area (Å²) < 4.78 is 28.7. The van der Waals surface area contributed by atoms with Gasteiger partial charge >= 0.3 is 5.69 Å². The first-order valence-electron chi connectivity index (χ1n) is 5.86. The molecule has 1 heterocycles. The number of rotatable bonds is 5. The van der Waals surface area contributed by atoms with Crippen molar-refractivity contribution in [1.29, 1.82) is 0 Å². The Labute approximate surface area is 117 Å². The maximum atomic E-state index is 13.8. The first kappa shape index (κ1) is 14.6. The van der Waals surface area contributed by atoms with Crippen LogP contribution in [-0.4, -0.2) is 26.9 Å². The van der Waals surface area contributed by atoms with E-state index in [1.54, 1.807) is 17.0 Å². The average molecular weight is 296 g/mol. The lowest BCUT2D eigenvalue weighted by Gasteiger charge is -2.07. The van der Waals surface area contributed by atoms with Crippen molar-refractivity contribution < 1.29 is 18.5 Å². The van der Waals surface area contributed by atoms with Crippen molar-refractivity contribution in [1.82, 2.24) is 14.9 Å². The highest BCUT2D eigenvalue weighted by atomic mass is 19.1. The Balaban J connectivity index is 2.10. The summed E-state index contributed by atoms with van der Waals surface area (Å²) in [5, 5.41) is 12.9. The molecule has 1 aromatic heterocycles. The fourth-order valence-corrected chi connectivity index (χ4v) is 1.69. The molecule has 1 amide bonds. The smallest absolute Gasteiger partial charge is 0.308 e. The van der Waals surface area contributed by atoms with Gasteiger partial charge in [-0.05, 0) is 6.07 Å². The molecule has 0 bridgehead atoms. The zero-order valence-electron chi connectivity index (χ0n) is 10.6. The largest absolute Gasteiger partial charge is 0.350 e. The van der Waals surface area contributed by atoms with E-state index in [-0.39, 0.29) is 6.54 Å². The molecule has 1 N–H and O–H groups in total. The number of nitrogens with one attached hydrogen (secondary N) is 1. The molecule has 0 aliphatic rings. The van der Waals surface area contributed by atoms with Crippen LogP contribution >= 0.6 is 0 Å². The van der Waals surface area contributed by atoms with Gasteiger partial charge in [0.15, 0.2) is 0 Å². The molecule has 0 saturated heterocycles. The van der Waals surface area contributed by atoms with Crippen LogP contribution in [0.1, 0.15) is 10.4 Å². The monoisotopic (exact) mass is 296 g/mol. The predicted molar refractivity (Wildman–Crippen MR) is 67.6 cm³/mol. The second-order valence-corrected chi connectivity index (χ2v) is 4.10. The van der Waals surface area contributed by atoms with Crippen LogP contribution in [0.4, 0.5) is 14.5 Å². The summed E-state index contributed by atoms with van der Waals surface area (Å²) in [6.07, 6.45) is 4.75. The predicted octanol–water partition coefficient (Wildman–Crippen LogP) is 1.50. The van der Waals surface area contributed by atoms with Gasteiger partial charge in [0, 0.05) is 25.5 Å². The normalized spacial score (nSPS) is 10.4. The number of halogens is 2. The molecule has 0 atom stereocenters. The van der Waals surface area contributed by atoms with Crippen LogP contribution in [0.5, 0.6) is 0 Å². The summed E-state index contributed by atoms with van der Waals surface area (Å²) >= 11 is 0. The molecule has 2 rings (SSSR count). The molecule has 0 aliphatic carbocycles. The van der Waals surface area contributed by atoms with Gasteiger partial charge in [-0.25, -0.2) is 9.37 Å². The fraction of sp³-hybridized carbons (Fsp3) is 0.167. The van der Waals surface area contributed by atoms with Gasteiger partial charge in [-0.1, -0.05) is 0 Å². The van der Waals surface area contributed by atoms with E-state index in [2.05, 4.69) is 10.3 Å². The van der Waals surface area contributed by atoms with Crippen molar-refractivity contribution >= 4 is 11.6 Å². The number of amides is 1. The molecule has 2 aromatic rings. The topological polar surface area (TPSA) is 90.1 Å². The zero-order chi connectivity index (χ0) is 15.4. The molecule has 0 spiro atoms. The van der Waals surface area contributed by atoms with Crippen molar-refractivity contribution in [3.63, 3.8) is 0 Å². The van der Waals surface area contributed by atoms with Crippen molar-refractivity contribution in [2.75, 3.05) is 6.54 Å². The van der Waals surface area contributed by atoms with Crippen LogP contribution in [0, 0.1) is 21.7 Å². The SMILES string of the molecule is O=C(NCCn1ccnc1)c1cc(F)cc([N+](=O)[O-])c1F. The van der Waals surface area contributed by atoms with Gasteiger partial charge in [-0.2, -0.15) is 4.39 Å². The van der Waals surface area contributed by atoms with Crippen LogP contribution in [0.3, 0.4) is 0 Å². The van der Waals surface area contributed by atoms with Crippen LogP contribution < -0.4 is 5.32 Å². The summed E-state index contributed by atoms with van der Waals surface area (Å²) in [5.41, 5.74) is -1.78. The Morgan fingerprint density at radius 1 is 1.43 bits per heavy atom. The van der Waals surface area contributed by atoms with Crippen molar-refractivity contribution in [3.8, 4) is 0 Å². The first-order chi connectivity index (χ1) is 9.99. The number of benzene rings is 1. The molecule has 21 heavy (non-hydrogen) atoms. The van der Waals surface area contributed by atoms with E-state index in [1.807, 2.05) is 0 Å². The van der Waals surface area contributed by atoms with E-state index >= 15 is 0 Å². The zero-order valence-corrected chi connectivity index (χ0v) is 10.6. The number of nitro benzene ring substituents is 1. The molecule has 0 saturated carbocycles. The highest BCUT2D eigenvalue weighted by molar-refractivity contribution is 5.95. The van der Waals surface area contributed by atoms with E-state index in [4.69, 9.17) is 0 Å². The van der Waals surface area contributed by atoms with Gasteiger partial charge in [-0.15, -0.1) is 0 Å². The number of imidazole rings is 1. The molecular weight excluding hydrogens is 286 g/mol. The minimum Gasteiger partial charge on any atom is -0.350 e. The molecule has 0 unspecified atom stereocenters. The number of carbonyl (C=O) groups is 1. The van der Waals surface area contributed by atoms with E-state index in [9.17, 15) is 23.7 Å². The van der Waals surface area contributed by atoms with Crippen molar-refractivity contribution in [3.05, 3.63) is 58.2 Å². The number of carbonyl (C=O) groups excluding carboxylic acids is 1. The molecule has 7 nitrogen and oxygen atoms in total. The molecule has 1 aromatic carbocycles. The molecule has 9 heteroatoms. The first-order valence-corrected chi connectivity index (χ1v) is 5.86. The third-order valence-electron chi connectivity index (χ3n) is 2.67. The van der Waals surface area contributed by atoms with Crippen LogP contribution in [-0.2, 0) is 6.54 Å². The van der Waals surface area contributed by atoms with Crippen LogP contribution in [0.25, 0.3) is 0 Å². The van der Waals surface area contributed by atoms with E-state index in [0.29, 0.717) is 18.7 Å². The van der Waals surface area contributed by atoms with Crippen LogP contribution in [0.15, 0.2) is 30.9 Å². The van der Waals surface area contributed by atoms with Gasteiger partial charge in [0.1, 0.15) is 5.82 Å². The number of nitrogens with zero attached hydrogens (tertiary/aromatic N) is 3. The van der Waals surface area contributed by atoms with E-state index in [0.717, 1.165) is 0 Å². The summed E-state index contributed by atoms with van der Waals surface area (Å²) in [5.74, 6) is -3.33. The Kier molecular flexibility index (Phi) is 4.21. The second kappa shape index (κ2) is 6.07. The van der Waals surface area contributed by atoms with E-state index < -0.39 is 33.7 Å². The van der Waals surface area contributed by atoms with E-state index in [1.165, 1.54) is 6.33 Å². The highest BCUT2D eigenvalue weighted by Crippen LogP contribution is 2.22. The minimum absolute atomic E-state index is 0.138. The maximum absolute atomic E-state index is 13.8. The van der Waals surface area contributed by atoms with Gasteiger partial charge in [0.25, 0.3) is 5.91 Å². The lowest BCUT2D eigenvalue weighted by Crippen LogP contribution is -2.28. The summed E-state index contributed by atoms with van der Waals surface area (Å²) in [6.45, 7) is 0.518. The molecule has 0 radical (unpaired) electrons. The summed E-state index contributed by atoms with van der Waals surface area (Å²) in [6, 6.07) is 1.05. The van der Waals surface area contributed by atoms with Crippen LogP contribution in [0.2, 0.25) is 0 Å². The number of nitro groups is 1. The number of hydrogen-bond donors (Lipinski definition) is 1. The number of hydrogen-bond acceptors (Lipinski definition) is 4. The molecule has 0 aliphatic heterocycles. The van der Waals surface area contributed by atoms with Gasteiger partial charge in [-0.3, -0.25) is 14.9 Å². The minimum atomic E-state index is -1.36. The Bertz CT molecular complexity index is 673. The molecule has 110 valence electrons. The van der Waals surface area contributed by atoms with Crippen molar-refractivity contribution in [2.45, 2.75) is 6.54 Å². The van der Waals surface area contributed by atoms with Crippen molar-refractivity contribution in [2.24, 2.45) is 0 Å². The fourth-order valence-electron chi connectivity index (χ4n) is 1.69. The Morgan fingerprint density at radius 3 is 2.81 bits per heavy atom. The number of aromatic nitrogens is 2. The highest BCUT2D eigenvalue weighted by Gasteiger charge is 2.23. The lowest BCUT2D eigenvalue weighted by molar-refractivity contribution is -0.387. The maximum Gasteiger partial charge on any atom is 0.308 e. The van der Waals surface area contributed by atoms with Gasteiger partial charge in [0.2, 0.25) is 5.82 Å². The lowest BCUT2D eigenvalue weighted by atomic mass is 10.1. The summed E-state index contributed by atoms with van der Waals surface area (Å²) in [4.78, 5) is 25.0. The second-order valence-electron chi connectivity index (χ2n) is 4.10. The van der Waals surface area contributed by atoms with Gasteiger partial charge in [0.05, 0.1) is 22.9 Å². The average Bonchev–Trinajstić information content (AvgIpc) is 2.93. The van der Waals surface area contributed by atoms with Gasteiger partial charge < -0.3 is 9.88 Å². The standard InChI is InChI=1S/C12H10F2N4O3/c13-8-5-9(11(14)10(6-8)18(20)21)12(19)16-2-4-17-3-1-15-7-17/h1,3,5-7H,2,4H2,(H,16,19). The third kappa shape index (κ3) is 3.38. The molecular formula is C12H10F2N4O3. The quantitative estimate of drug-likeness (QED) is 0.668. The third-order valence-corrected chi connectivity index (χ3v) is 2.67. The summed E-state index contributed by atoms with van der Waals surface area (Å²) in [7, 11) is 0. The molecule has 0 fully saturated rings.